The van der Waals surface area contributed by atoms with Crippen LogP contribution in [0.25, 0.3) is 0 Å². The zero-order valence-corrected chi connectivity index (χ0v) is 26.2. The number of ketones is 1. The molecule has 1 saturated heterocycles. The molecule has 1 saturated carbocycles. The minimum absolute atomic E-state index is 0.0181. The highest BCUT2D eigenvalue weighted by Crippen LogP contribution is 2.54. The van der Waals surface area contributed by atoms with Crippen LogP contribution in [-0.2, 0) is 14.3 Å². The van der Waals surface area contributed by atoms with Gasteiger partial charge in [0.1, 0.15) is 11.9 Å². The zero-order valence-electron chi connectivity index (χ0n) is 25.4. The molecule has 2 fully saturated rings. The number of fused-ring (bicyclic) bond motifs is 1. The van der Waals surface area contributed by atoms with Crippen LogP contribution in [-0.4, -0.2) is 47.3 Å². The molecule has 0 aromatic rings. The lowest BCUT2D eigenvalue weighted by atomic mass is 9.71. The first-order valence-electron chi connectivity index (χ1n) is 14.2. The van der Waals surface area contributed by atoms with Gasteiger partial charge in [-0.25, -0.2) is 0 Å². The molecule has 1 aliphatic carbocycles. The van der Waals surface area contributed by atoms with Crippen LogP contribution in [0, 0.1) is 40.4 Å². The molecule has 8 atom stereocenters. The Kier molecular flexibility index (Phi) is 11.4. The number of aliphatic hydroxyl groups excluding tert-OH is 2. The van der Waals surface area contributed by atoms with Crippen molar-refractivity contribution in [2.75, 3.05) is 7.05 Å². The standard InChI is InChI=1S/C31H52N2O5S/c1-17(11-23(32)16-39-21(5)33-10)25-12-18(2)30(6,7)15-22-13-24(22)19(3)28(36)20(4)29(37)31(8,9)26(34)14-27(35)38-25/h11,16,18-20,22,24-26,28,33-34,36H,5,12-15,32H2,1-4,6-10H3/b17-11+,23-16-/t18?,19-,20+,22?,24?,25-,26-,28-/m0/s1. The Labute approximate surface area is 240 Å². The predicted molar refractivity (Wildman–Crippen MR) is 159 cm³/mol. The van der Waals surface area contributed by atoms with E-state index >= 15 is 0 Å². The van der Waals surface area contributed by atoms with Gasteiger partial charge in [-0.3, -0.25) is 9.59 Å². The smallest absolute Gasteiger partial charge is 0.309 e. The number of esters is 1. The van der Waals surface area contributed by atoms with Gasteiger partial charge in [0.2, 0.25) is 0 Å². The van der Waals surface area contributed by atoms with Crippen molar-refractivity contribution in [2.45, 2.75) is 99.4 Å². The molecule has 1 heterocycles. The number of thioether (sulfide) groups is 1. The number of rotatable bonds is 5. The van der Waals surface area contributed by atoms with Gasteiger partial charge in [0.25, 0.3) is 0 Å². The number of nitrogens with two attached hydrogens (primary N) is 1. The van der Waals surface area contributed by atoms with Crippen LogP contribution in [0.5, 0.6) is 0 Å². The first kappa shape index (κ1) is 33.4. The molecule has 7 nitrogen and oxygen atoms in total. The molecule has 8 heteroatoms. The number of Topliss-reactive ketones (excluding diaryl/α,β-unsaturated/α-hetero) is 1. The molecule has 3 unspecified atom stereocenters. The molecule has 2 rings (SSSR count). The second-order valence-corrected chi connectivity index (χ2v) is 14.2. The largest absolute Gasteiger partial charge is 0.458 e. The summed E-state index contributed by atoms with van der Waals surface area (Å²) in [5.74, 6) is -0.406. The number of ether oxygens (including phenoxy) is 1. The SMILES string of the molecule is C=C(NC)S/C=C(N)/C=C(\C)[C@@H]1CC(C)C(C)(C)CC2CC2[C@H](C)[C@H](O)[C@@H](C)C(=O)C(C)(C)[C@@H](O)CC(=O)O1. The van der Waals surface area contributed by atoms with Gasteiger partial charge in [0.15, 0.2) is 0 Å². The topological polar surface area (TPSA) is 122 Å². The minimum atomic E-state index is -1.24. The molecular formula is C31H52N2O5S. The molecule has 0 amide bonds. The second-order valence-electron chi connectivity index (χ2n) is 13.2. The predicted octanol–water partition coefficient (Wildman–Crippen LogP) is 5.14. The first-order chi connectivity index (χ1) is 17.9. The summed E-state index contributed by atoms with van der Waals surface area (Å²) in [6.45, 7) is 19.5. The highest BCUT2D eigenvalue weighted by atomic mass is 32.2. The van der Waals surface area contributed by atoms with E-state index in [1.54, 1.807) is 33.2 Å². The van der Waals surface area contributed by atoms with Crippen LogP contribution in [0.1, 0.15) is 81.1 Å². The lowest BCUT2D eigenvalue weighted by molar-refractivity contribution is -0.155. The van der Waals surface area contributed by atoms with Crippen LogP contribution in [0.3, 0.4) is 0 Å². The van der Waals surface area contributed by atoms with Crippen molar-refractivity contribution in [1.82, 2.24) is 5.32 Å². The molecule has 1 aliphatic heterocycles. The molecule has 2 aliphatic rings. The van der Waals surface area contributed by atoms with E-state index in [9.17, 15) is 19.8 Å². The van der Waals surface area contributed by atoms with Crippen LogP contribution in [0.15, 0.2) is 34.4 Å². The van der Waals surface area contributed by atoms with E-state index in [0.717, 1.165) is 23.4 Å². The number of cyclic esters (lactones) is 1. The van der Waals surface area contributed by atoms with E-state index in [-0.39, 0.29) is 29.5 Å². The lowest BCUT2D eigenvalue weighted by Gasteiger charge is -2.37. The van der Waals surface area contributed by atoms with Crippen molar-refractivity contribution in [3.05, 3.63) is 34.4 Å². The molecule has 0 radical (unpaired) electrons. The van der Waals surface area contributed by atoms with E-state index in [2.05, 4.69) is 32.7 Å². The Bertz CT molecular complexity index is 972. The van der Waals surface area contributed by atoms with Gasteiger partial charge < -0.3 is 26.0 Å². The third-order valence-corrected chi connectivity index (χ3v) is 10.3. The Balaban J connectivity index is 2.40. The first-order valence-corrected chi connectivity index (χ1v) is 15.1. The van der Waals surface area contributed by atoms with E-state index < -0.39 is 35.6 Å². The Hall–Kier alpha value is -1.77. The minimum Gasteiger partial charge on any atom is -0.458 e. The van der Waals surface area contributed by atoms with Crippen LogP contribution >= 0.6 is 11.8 Å². The van der Waals surface area contributed by atoms with Gasteiger partial charge in [-0.2, -0.15) is 0 Å². The summed E-state index contributed by atoms with van der Waals surface area (Å²) in [6, 6.07) is 0. The van der Waals surface area contributed by atoms with Gasteiger partial charge >= 0.3 is 5.97 Å². The molecule has 0 spiro atoms. The fourth-order valence-electron chi connectivity index (χ4n) is 5.82. The lowest BCUT2D eigenvalue weighted by Crippen LogP contribution is -2.46. The fourth-order valence-corrected chi connectivity index (χ4v) is 6.28. The summed E-state index contributed by atoms with van der Waals surface area (Å²) in [5.41, 5.74) is 6.34. The van der Waals surface area contributed by atoms with Crippen LogP contribution in [0.4, 0.5) is 0 Å². The highest BCUT2D eigenvalue weighted by Gasteiger charge is 2.50. The quantitative estimate of drug-likeness (QED) is 0.268. The number of nitrogens with one attached hydrogen (secondary N) is 1. The molecule has 0 bridgehead atoms. The maximum atomic E-state index is 13.4. The van der Waals surface area contributed by atoms with Crippen molar-refractivity contribution >= 4 is 23.5 Å². The average molecular weight is 565 g/mol. The molecule has 39 heavy (non-hydrogen) atoms. The Morgan fingerprint density at radius 2 is 1.77 bits per heavy atom. The summed E-state index contributed by atoms with van der Waals surface area (Å²) in [6.07, 6.45) is 1.59. The zero-order chi connectivity index (χ0) is 29.9. The van der Waals surface area contributed by atoms with Crippen LogP contribution in [0.2, 0.25) is 0 Å². The summed E-state index contributed by atoms with van der Waals surface area (Å²) >= 11 is 1.38. The molecule has 0 aromatic heterocycles. The molecule has 222 valence electrons. The molecule has 0 aromatic carbocycles. The van der Waals surface area contributed by atoms with Gasteiger partial charge in [0, 0.05) is 24.1 Å². The van der Waals surface area contributed by atoms with E-state index in [0.29, 0.717) is 24.0 Å². The van der Waals surface area contributed by atoms with Crippen molar-refractivity contribution < 1.29 is 24.5 Å². The van der Waals surface area contributed by atoms with Crippen molar-refractivity contribution in [3.63, 3.8) is 0 Å². The van der Waals surface area contributed by atoms with E-state index in [1.807, 2.05) is 19.9 Å². The van der Waals surface area contributed by atoms with Crippen molar-refractivity contribution in [1.29, 1.82) is 0 Å². The van der Waals surface area contributed by atoms with Gasteiger partial charge in [-0.15, -0.1) is 0 Å². The number of carbonyl (C=O) groups is 2. The normalized spacial score (nSPS) is 36.5. The van der Waals surface area contributed by atoms with Crippen molar-refractivity contribution in [3.8, 4) is 0 Å². The number of hydrogen-bond donors (Lipinski definition) is 4. The number of carbonyl (C=O) groups excluding carboxylic acids is 2. The maximum Gasteiger partial charge on any atom is 0.309 e. The van der Waals surface area contributed by atoms with Gasteiger partial charge in [-0.05, 0) is 66.9 Å². The monoisotopic (exact) mass is 564 g/mol. The number of aliphatic hydroxyl groups is 2. The van der Waals surface area contributed by atoms with E-state index in [1.165, 1.54) is 11.8 Å². The summed E-state index contributed by atoms with van der Waals surface area (Å²) in [7, 11) is 1.79. The Morgan fingerprint density at radius 1 is 1.15 bits per heavy atom. The second kappa shape index (κ2) is 13.3. The van der Waals surface area contributed by atoms with Crippen LogP contribution < -0.4 is 11.1 Å². The highest BCUT2D eigenvalue weighted by molar-refractivity contribution is 8.05. The number of hydrogen-bond acceptors (Lipinski definition) is 8. The third-order valence-electron chi connectivity index (χ3n) is 9.43. The molecular weight excluding hydrogens is 512 g/mol. The Morgan fingerprint density at radius 3 is 2.36 bits per heavy atom. The fraction of sp³-hybridized carbons (Fsp3) is 0.742. The molecule has 5 N–H and O–H groups in total. The van der Waals surface area contributed by atoms with Crippen molar-refractivity contribution in [2.24, 2.45) is 46.2 Å². The third kappa shape index (κ3) is 8.61. The summed E-state index contributed by atoms with van der Waals surface area (Å²) in [4.78, 5) is 26.5. The van der Waals surface area contributed by atoms with E-state index in [4.69, 9.17) is 10.5 Å². The average Bonchev–Trinajstić information content (AvgIpc) is 3.62. The number of allylic oxidation sites excluding steroid dienone is 1. The van der Waals surface area contributed by atoms with Gasteiger partial charge in [0.05, 0.1) is 29.1 Å². The van der Waals surface area contributed by atoms with Gasteiger partial charge in [-0.1, -0.05) is 66.8 Å². The maximum absolute atomic E-state index is 13.4. The summed E-state index contributed by atoms with van der Waals surface area (Å²) in [5, 5.41) is 27.6. The summed E-state index contributed by atoms with van der Waals surface area (Å²) < 4.78 is 5.98.